The van der Waals surface area contributed by atoms with Gasteiger partial charge in [-0.15, -0.1) is 0 Å². The number of benzene rings is 1. The minimum atomic E-state index is -1.02. The summed E-state index contributed by atoms with van der Waals surface area (Å²) in [5, 5.41) is 15.5. The van der Waals surface area contributed by atoms with E-state index in [1.54, 1.807) is 0 Å². The first-order valence-electron chi connectivity index (χ1n) is 6.70. The van der Waals surface area contributed by atoms with Crippen LogP contribution in [0.5, 0.6) is 5.75 Å². The van der Waals surface area contributed by atoms with Gasteiger partial charge in [-0.25, -0.2) is 4.79 Å². The standard InChI is InChI=1S/C15H18N2O3/c1-3-5-10-6-7-14(20-4-2)11(8-10)12-9-13(15(18)19)17-16-12/h6-9H,3-5H2,1-2H3,(H,16,17)(H,18,19). The summed E-state index contributed by atoms with van der Waals surface area (Å²) in [5.41, 5.74) is 2.67. The molecule has 0 unspecified atom stereocenters. The van der Waals surface area contributed by atoms with Crippen LogP contribution in [0.3, 0.4) is 0 Å². The molecule has 1 heterocycles. The van der Waals surface area contributed by atoms with E-state index < -0.39 is 5.97 Å². The normalized spacial score (nSPS) is 10.5. The van der Waals surface area contributed by atoms with E-state index in [1.165, 1.54) is 11.6 Å². The molecule has 1 aromatic carbocycles. The van der Waals surface area contributed by atoms with Crippen molar-refractivity contribution in [2.75, 3.05) is 6.61 Å². The molecule has 0 aliphatic rings. The summed E-state index contributed by atoms with van der Waals surface area (Å²) in [6.07, 6.45) is 2.02. The number of rotatable bonds is 6. The fourth-order valence-electron chi connectivity index (χ4n) is 2.07. The van der Waals surface area contributed by atoms with Crippen LogP contribution in [0.15, 0.2) is 24.3 Å². The summed E-state index contributed by atoms with van der Waals surface area (Å²) >= 11 is 0. The molecule has 0 aliphatic carbocycles. The molecule has 0 bridgehead atoms. The molecule has 20 heavy (non-hydrogen) atoms. The average molecular weight is 274 g/mol. The van der Waals surface area contributed by atoms with Gasteiger partial charge in [0, 0.05) is 5.56 Å². The van der Waals surface area contributed by atoms with E-state index >= 15 is 0 Å². The van der Waals surface area contributed by atoms with E-state index in [2.05, 4.69) is 17.1 Å². The van der Waals surface area contributed by atoms with Gasteiger partial charge in [0.2, 0.25) is 0 Å². The molecule has 5 heteroatoms. The number of carbonyl (C=O) groups is 1. The second kappa shape index (κ2) is 6.23. The Morgan fingerprint density at radius 3 is 2.75 bits per heavy atom. The SMILES string of the molecule is CCCc1ccc(OCC)c(-c2cc(C(=O)O)[nH]n2)c1. The topological polar surface area (TPSA) is 75.2 Å². The Bertz CT molecular complexity index is 605. The smallest absolute Gasteiger partial charge is 0.353 e. The van der Waals surface area contributed by atoms with E-state index in [-0.39, 0.29) is 5.69 Å². The lowest BCUT2D eigenvalue weighted by atomic mass is 10.0. The molecule has 2 rings (SSSR count). The molecule has 0 spiro atoms. The number of hydrogen-bond donors (Lipinski definition) is 2. The summed E-state index contributed by atoms with van der Waals surface area (Å²) in [4.78, 5) is 10.9. The summed E-state index contributed by atoms with van der Waals surface area (Å²) in [6, 6.07) is 7.48. The van der Waals surface area contributed by atoms with Crippen LogP contribution < -0.4 is 4.74 Å². The maximum Gasteiger partial charge on any atom is 0.353 e. The highest BCUT2D eigenvalue weighted by Crippen LogP contribution is 2.30. The molecule has 0 radical (unpaired) electrons. The van der Waals surface area contributed by atoms with E-state index in [4.69, 9.17) is 9.84 Å². The molecule has 0 amide bonds. The number of H-pyrrole nitrogens is 1. The molecule has 2 N–H and O–H groups in total. The molecule has 106 valence electrons. The van der Waals surface area contributed by atoms with E-state index in [9.17, 15) is 4.79 Å². The zero-order chi connectivity index (χ0) is 14.5. The van der Waals surface area contributed by atoms with E-state index in [0.29, 0.717) is 12.3 Å². The largest absolute Gasteiger partial charge is 0.493 e. The zero-order valence-corrected chi connectivity index (χ0v) is 11.6. The Morgan fingerprint density at radius 2 is 2.15 bits per heavy atom. The Balaban J connectivity index is 2.44. The summed E-state index contributed by atoms with van der Waals surface area (Å²) in [7, 11) is 0. The van der Waals surface area contributed by atoms with Gasteiger partial charge in [-0.05, 0) is 37.1 Å². The Kier molecular flexibility index (Phi) is 4.40. The van der Waals surface area contributed by atoms with Gasteiger partial charge >= 0.3 is 5.97 Å². The Hall–Kier alpha value is -2.30. The minimum absolute atomic E-state index is 0.0725. The Labute approximate surface area is 117 Å². The molecular formula is C15H18N2O3. The van der Waals surface area contributed by atoms with Gasteiger partial charge in [0.05, 0.1) is 12.3 Å². The first-order valence-corrected chi connectivity index (χ1v) is 6.70. The fraction of sp³-hybridized carbons (Fsp3) is 0.333. The van der Waals surface area contributed by atoms with Crippen LogP contribution >= 0.6 is 0 Å². The number of ether oxygens (including phenoxy) is 1. The molecule has 1 aromatic heterocycles. The lowest BCUT2D eigenvalue weighted by molar-refractivity contribution is 0.0690. The number of carboxylic acids is 1. The maximum absolute atomic E-state index is 10.9. The first-order chi connectivity index (χ1) is 9.65. The lowest BCUT2D eigenvalue weighted by Gasteiger charge is -2.10. The van der Waals surface area contributed by atoms with Crippen LogP contribution in [-0.2, 0) is 6.42 Å². The van der Waals surface area contributed by atoms with Crippen molar-refractivity contribution in [2.45, 2.75) is 26.7 Å². The first kappa shape index (κ1) is 14.1. The molecule has 0 atom stereocenters. The monoisotopic (exact) mass is 274 g/mol. The second-order valence-electron chi connectivity index (χ2n) is 4.49. The summed E-state index contributed by atoms with van der Waals surface area (Å²) < 4.78 is 5.59. The number of aromatic nitrogens is 2. The maximum atomic E-state index is 10.9. The third-order valence-corrected chi connectivity index (χ3v) is 2.97. The van der Waals surface area contributed by atoms with Crippen molar-refractivity contribution >= 4 is 5.97 Å². The average Bonchev–Trinajstić information content (AvgIpc) is 2.91. The van der Waals surface area contributed by atoms with Gasteiger partial charge in [-0.3, -0.25) is 5.10 Å². The van der Waals surface area contributed by atoms with Crippen molar-refractivity contribution in [3.63, 3.8) is 0 Å². The molecule has 5 nitrogen and oxygen atoms in total. The molecule has 0 saturated carbocycles. The van der Waals surface area contributed by atoms with Gasteiger partial charge < -0.3 is 9.84 Å². The molecule has 2 aromatic rings. The molecule has 0 saturated heterocycles. The second-order valence-corrected chi connectivity index (χ2v) is 4.49. The Morgan fingerprint density at radius 1 is 1.35 bits per heavy atom. The quantitative estimate of drug-likeness (QED) is 0.848. The van der Waals surface area contributed by atoms with E-state index in [0.717, 1.165) is 24.2 Å². The third kappa shape index (κ3) is 2.99. The van der Waals surface area contributed by atoms with Crippen LogP contribution in [0.2, 0.25) is 0 Å². The van der Waals surface area contributed by atoms with Gasteiger partial charge in [-0.1, -0.05) is 19.4 Å². The molecule has 0 fully saturated rings. The summed E-state index contributed by atoms with van der Waals surface area (Å²) in [6.45, 7) is 4.58. The van der Waals surface area contributed by atoms with Crippen molar-refractivity contribution in [3.05, 3.63) is 35.5 Å². The predicted octanol–water partition coefficient (Wildman–Crippen LogP) is 3.13. The number of nitrogens with zero attached hydrogens (tertiary/aromatic N) is 1. The third-order valence-electron chi connectivity index (χ3n) is 2.97. The highest BCUT2D eigenvalue weighted by Gasteiger charge is 2.13. The number of aromatic amines is 1. The minimum Gasteiger partial charge on any atom is -0.493 e. The van der Waals surface area contributed by atoms with Gasteiger partial charge in [-0.2, -0.15) is 5.10 Å². The molecule has 0 aliphatic heterocycles. The van der Waals surface area contributed by atoms with E-state index in [1.807, 2.05) is 25.1 Å². The van der Waals surface area contributed by atoms with Crippen molar-refractivity contribution in [3.8, 4) is 17.0 Å². The highest BCUT2D eigenvalue weighted by atomic mass is 16.5. The van der Waals surface area contributed by atoms with Crippen molar-refractivity contribution in [1.82, 2.24) is 10.2 Å². The van der Waals surface area contributed by atoms with Crippen LogP contribution in [0.25, 0.3) is 11.3 Å². The number of nitrogens with one attached hydrogen (secondary N) is 1. The van der Waals surface area contributed by atoms with Crippen LogP contribution in [0.4, 0.5) is 0 Å². The number of hydrogen-bond acceptors (Lipinski definition) is 3. The van der Waals surface area contributed by atoms with Gasteiger partial charge in [0.1, 0.15) is 11.4 Å². The van der Waals surface area contributed by atoms with Crippen LogP contribution in [-0.4, -0.2) is 27.9 Å². The molecular weight excluding hydrogens is 256 g/mol. The summed E-state index contributed by atoms with van der Waals surface area (Å²) in [5.74, 6) is -0.304. The lowest BCUT2D eigenvalue weighted by Crippen LogP contribution is -1.96. The van der Waals surface area contributed by atoms with Crippen LogP contribution in [0.1, 0.15) is 36.3 Å². The number of carboxylic acid groups (broad SMARTS) is 1. The van der Waals surface area contributed by atoms with Gasteiger partial charge in [0.25, 0.3) is 0 Å². The van der Waals surface area contributed by atoms with Crippen molar-refractivity contribution in [2.24, 2.45) is 0 Å². The predicted molar refractivity (Wildman–Crippen MR) is 76.1 cm³/mol. The van der Waals surface area contributed by atoms with Crippen molar-refractivity contribution < 1.29 is 14.6 Å². The number of aromatic carboxylic acids is 1. The number of aryl methyl sites for hydroxylation is 1. The zero-order valence-electron chi connectivity index (χ0n) is 11.6. The van der Waals surface area contributed by atoms with Gasteiger partial charge in [0.15, 0.2) is 0 Å². The highest BCUT2D eigenvalue weighted by molar-refractivity contribution is 5.87. The fourth-order valence-corrected chi connectivity index (χ4v) is 2.07. The van der Waals surface area contributed by atoms with Crippen molar-refractivity contribution in [1.29, 1.82) is 0 Å². The van der Waals surface area contributed by atoms with Crippen LogP contribution in [0, 0.1) is 0 Å².